The molecule has 30 heavy (non-hydrogen) atoms. The van der Waals surface area contributed by atoms with Crippen LogP contribution in [0.5, 0.6) is 11.5 Å². The van der Waals surface area contributed by atoms with Gasteiger partial charge in [-0.25, -0.2) is 4.99 Å². The zero-order chi connectivity index (χ0) is 20.9. The first-order valence-corrected chi connectivity index (χ1v) is 11.2. The van der Waals surface area contributed by atoms with E-state index in [4.69, 9.17) is 14.2 Å². The number of hydrogen-bond donors (Lipinski definition) is 0. The van der Waals surface area contributed by atoms with Gasteiger partial charge in [-0.1, -0.05) is 6.92 Å². The van der Waals surface area contributed by atoms with Gasteiger partial charge in [0, 0.05) is 24.2 Å². The molecule has 4 rings (SSSR count). The summed E-state index contributed by atoms with van der Waals surface area (Å²) >= 11 is 1.66. The number of morpholine rings is 1. The summed E-state index contributed by atoms with van der Waals surface area (Å²) in [4.78, 5) is 8.20. The largest absolute Gasteiger partial charge is 0.493 e. The van der Waals surface area contributed by atoms with Crippen LogP contribution in [0.2, 0.25) is 0 Å². The minimum Gasteiger partial charge on any atom is -0.493 e. The highest BCUT2D eigenvalue weighted by Crippen LogP contribution is 2.40. The quantitative estimate of drug-likeness (QED) is 0.650. The Kier molecular flexibility index (Phi) is 6.68. The van der Waals surface area contributed by atoms with Gasteiger partial charge in [0.1, 0.15) is 17.8 Å². The molecular weight excluding hydrogens is 398 g/mol. The molecule has 1 aliphatic carbocycles. The molecule has 0 unspecified atom stereocenters. The Morgan fingerprint density at radius 3 is 2.93 bits per heavy atom. The van der Waals surface area contributed by atoms with Crippen LogP contribution in [0.3, 0.4) is 0 Å². The second-order valence-electron chi connectivity index (χ2n) is 7.82. The molecule has 1 aromatic heterocycles. The molecule has 0 amide bonds. The van der Waals surface area contributed by atoms with Crippen LogP contribution < -0.4 is 9.47 Å². The van der Waals surface area contributed by atoms with Gasteiger partial charge in [0.05, 0.1) is 25.9 Å². The number of ether oxygens (including phenoxy) is 3. The van der Waals surface area contributed by atoms with Crippen molar-refractivity contribution < 1.29 is 14.2 Å². The van der Waals surface area contributed by atoms with E-state index in [9.17, 15) is 5.26 Å². The summed E-state index contributed by atoms with van der Waals surface area (Å²) in [7, 11) is 1.64. The van der Waals surface area contributed by atoms with Crippen molar-refractivity contribution in [1.29, 1.82) is 5.26 Å². The highest BCUT2D eigenvalue weighted by molar-refractivity contribution is 7.16. The van der Waals surface area contributed by atoms with Crippen LogP contribution in [-0.2, 0) is 17.6 Å². The fourth-order valence-corrected chi connectivity index (χ4v) is 5.16. The lowest BCUT2D eigenvalue weighted by Gasteiger charge is -2.26. The first-order valence-electron chi connectivity index (χ1n) is 10.4. The van der Waals surface area contributed by atoms with Crippen LogP contribution in [0.4, 0.5) is 5.00 Å². The maximum absolute atomic E-state index is 9.67. The summed E-state index contributed by atoms with van der Waals surface area (Å²) < 4.78 is 16.9. The Balaban J connectivity index is 1.52. The molecule has 1 aliphatic heterocycles. The second-order valence-corrected chi connectivity index (χ2v) is 8.90. The van der Waals surface area contributed by atoms with Gasteiger partial charge in [0.2, 0.25) is 0 Å². The van der Waals surface area contributed by atoms with Gasteiger partial charge in [-0.05, 0) is 54.5 Å². The first-order chi connectivity index (χ1) is 14.7. The van der Waals surface area contributed by atoms with E-state index in [2.05, 4.69) is 22.9 Å². The molecule has 2 aliphatic rings. The van der Waals surface area contributed by atoms with E-state index in [-0.39, 0.29) is 0 Å². The van der Waals surface area contributed by atoms with Crippen molar-refractivity contribution in [2.45, 2.75) is 26.2 Å². The predicted octanol–water partition coefficient (Wildman–Crippen LogP) is 4.17. The number of hydrogen-bond acceptors (Lipinski definition) is 7. The van der Waals surface area contributed by atoms with Crippen LogP contribution in [0.25, 0.3) is 0 Å². The van der Waals surface area contributed by atoms with E-state index in [0.29, 0.717) is 24.1 Å². The van der Waals surface area contributed by atoms with Crippen molar-refractivity contribution in [3.8, 4) is 17.6 Å². The molecule has 1 atom stereocenters. The van der Waals surface area contributed by atoms with E-state index >= 15 is 0 Å². The maximum atomic E-state index is 9.67. The van der Waals surface area contributed by atoms with Crippen molar-refractivity contribution in [2.75, 3.05) is 40.1 Å². The Morgan fingerprint density at radius 1 is 1.33 bits per heavy atom. The third-order valence-electron chi connectivity index (χ3n) is 5.63. The third-order valence-corrected chi connectivity index (χ3v) is 6.79. The van der Waals surface area contributed by atoms with Gasteiger partial charge in [-0.2, -0.15) is 5.26 Å². The molecule has 1 aromatic carbocycles. The van der Waals surface area contributed by atoms with Crippen LogP contribution in [-0.4, -0.2) is 51.3 Å². The topological polar surface area (TPSA) is 67.1 Å². The molecule has 1 fully saturated rings. The lowest BCUT2D eigenvalue weighted by Crippen LogP contribution is -2.38. The van der Waals surface area contributed by atoms with Crippen molar-refractivity contribution in [3.05, 3.63) is 39.8 Å². The number of nitrogens with zero attached hydrogens (tertiary/aromatic N) is 3. The molecule has 158 valence electrons. The summed E-state index contributed by atoms with van der Waals surface area (Å²) in [6.45, 7) is 5.96. The van der Waals surface area contributed by atoms with Crippen LogP contribution in [0, 0.1) is 17.2 Å². The lowest BCUT2D eigenvalue weighted by atomic mass is 9.89. The normalized spacial score (nSPS) is 19.4. The number of benzene rings is 1. The van der Waals surface area contributed by atoms with Gasteiger partial charge in [-0.15, -0.1) is 11.3 Å². The summed E-state index contributed by atoms with van der Waals surface area (Å²) in [5.41, 5.74) is 2.86. The number of rotatable bonds is 6. The van der Waals surface area contributed by atoms with E-state index < -0.39 is 0 Å². The van der Waals surface area contributed by atoms with Gasteiger partial charge in [0.15, 0.2) is 11.5 Å². The SMILES string of the molecule is COc1ccc(C=Nc2sc3c(c2C#N)CC[C@H](C)C3)cc1OCN1CCOCC1. The molecule has 2 heterocycles. The highest BCUT2D eigenvalue weighted by atomic mass is 32.1. The summed E-state index contributed by atoms with van der Waals surface area (Å²) in [6, 6.07) is 8.15. The second kappa shape index (κ2) is 9.61. The molecule has 0 N–H and O–H groups in total. The van der Waals surface area contributed by atoms with Gasteiger partial charge in [0.25, 0.3) is 0 Å². The van der Waals surface area contributed by atoms with E-state index in [0.717, 1.165) is 61.7 Å². The van der Waals surface area contributed by atoms with Crippen LogP contribution in [0.1, 0.15) is 34.9 Å². The van der Waals surface area contributed by atoms with Crippen molar-refractivity contribution in [3.63, 3.8) is 0 Å². The number of methoxy groups -OCH3 is 1. The minimum atomic E-state index is 0.495. The Hall–Kier alpha value is -2.40. The average molecular weight is 426 g/mol. The molecule has 0 bridgehead atoms. The van der Waals surface area contributed by atoms with E-state index in [1.807, 2.05) is 24.4 Å². The fourth-order valence-electron chi connectivity index (χ4n) is 3.85. The molecule has 0 saturated carbocycles. The maximum Gasteiger partial charge on any atom is 0.163 e. The van der Waals surface area contributed by atoms with Gasteiger partial charge < -0.3 is 14.2 Å². The molecular formula is C23H27N3O3S. The number of thiophene rings is 1. The number of fused-ring (bicyclic) bond motifs is 1. The summed E-state index contributed by atoms with van der Waals surface area (Å²) in [6.07, 6.45) is 4.98. The Bertz CT molecular complexity index is 957. The zero-order valence-corrected chi connectivity index (χ0v) is 18.3. The van der Waals surface area contributed by atoms with Crippen molar-refractivity contribution in [1.82, 2.24) is 4.90 Å². The number of nitriles is 1. The van der Waals surface area contributed by atoms with Crippen molar-refractivity contribution >= 4 is 22.6 Å². The van der Waals surface area contributed by atoms with Gasteiger partial charge in [-0.3, -0.25) is 4.90 Å². The first kappa shape index (κ1) is 20.9. The molecule has 0 radical (unpaired) electrons. The fraction of sp³-hybridized carbons (Fsp3) is 0.478. The average Bonchev–Trinajstić information content (AvgIpc) is 3.13. The van der Waals surface area contributed by atoms with Crippen LogP contribution in [0.15, 0.2) is 23.2 Å². The Labute approximate surface area is 181 Å². The Morgan fingerprint density at radius 2 is 2.17 bits per heavy atom. The highest BCUT2D eigenvalue weighted by Gasteiger charge is 2.23. The van der Waals surface area contributed by atoms with Gasteiger partial charge >= 0.3 is 0 Å². The molecule has 7 heteroatoms. The molecule has 2 aromatic rings. The van der Waals surface area contributed by atoms with Crippen molar-refractivity contribution in [2.24, 2.45) is 10.9 Å². The number of aliphatic imine (C=N–C) groups is 1. The smallest absolute Gasteiger partial charge is 0.163 e. The minimum absolute atomic E-state index is 0.495. The monoisotopic (exact) mass is 425 g/mol. The third kappa shape index (κ3) is 4.67. The molecule has 0 spiro atoms. The van der Waals surface area contributed by atoms with Crippen LogP contribution >= 0.6 is 11.3 Å². The predicted molar refractivity (Wildman–Crippen MR) is 118 cm³/mol. The molecule has 1 saturated heterocycles. The zero-order valence-electron chi connectivity index (χ0n) is 17.5. The van der Waals surface area contributed by atoms with E-state index in [1.165, 1.54) is 10.4 Å². The van der Waals surface area contributed by atoms with E-state index in [1.54, 1.807) is 18.4 Å². The lowest BCUT2D eigenvalue weighted by molar-refractivity contribution is 0.00354. The summed E-state index contributed by atoms with van der Waals surface area (Å²) in [5, 5.41) is 10.5. The summed E-state index contributed by atoms with van der Waals surface area (Å²) in [5.74, 6) is 2.05. The molecule has 6 nitrogen and oxygen atoms in total. The standard InChI is InChI=1S/C23H27N3O3S/c1-16-3-5-18-19(13-24)23(30-22(18)11-16)25-14-17-4-6-20(27-2)21(12-17)29-15-26-7-9-28-10-8-26/h4,6,12,14,16H,3,5,7-11,15H2,1-2H3/t16-/m0/s1.